The predicted molar refractivity (Wildman–Crippen MR) is 110 cm³/mol. The summed E-state index contributed by atoms with van der Waals surface area (Å²) in [7, 11) is 0. The zero-order chi connectivity index (χ0) is 28.3. The molecular weight excluding hydrogens is 492 g/mol. The Labute approximate surface area is 198 Å². The van der Waals surface area contributed by atoms with Gasteiger partial charge in [-0.3, -0.25) is 40.5 Å². The van der Waals surface area contributed by atoms with Crippen LogP contribution in [-0.2, 0) is 18.9 Å². The molecular formula is C15H32N4O16. The molecule has 0 aliphatic carbocycles. The molecule has 0 atom stereocenters. The van der Waals surface area contributed by atoms with Crippen molar-refractivity contribution < 1.29 is 59.1 Å². The Hall–Kier alpha value is -2.72. The Bertz CT molecular complexity index is 536. The number of hydrogen-bond acceptors (Lipinski definition) is 16. The Morgan fingerprint density at radius 3 is 0.800 bits per heavy atom. The van der Waals surface area contributed by atoms with Crippen molar-refractivity contribution in [3.63, 3.8) is 0 Å². The average molecular weight is 524 g/mol. The molecule has 0 bridgehead atoms. The first-order chi connectivity index (χ1) is 15.9. The SMILES string of the molecule is CCC(CC)(CC)CC.O=[N+]([O-])COC(OC[N+](=O)[O-])(OC[N+](=O)[O-])OC[N+](=O)[O-].OC(O)(O)O. The van der Waals surface area contributed by atoms with E-state index in [4.69, 9.17) is 20.4 Å². The Balaban J connectivity index is -0.000000598. The minimum Gasteiger partial charge on any atom is -0.319 e. The molecule has 4 N–H and O–H groups in total. The molecule has 0 aromatic rings. The number of rotatable bonds is 16. The second kappa shape index (κ2) is 18.6. The quantitative estimate of drug-likeness (QED) is 0.115. The molecule has 0 saturated heterocycles. The molecule has 20 nitrogen and oxygen atoms in total. The Morgan fingerprint density at radius 2 is 0.714 bits per heavy atom. The van der Waals surface area contributed by atoms with E-state index in [1.807, 2.05) is 0 Å². The van der Waals surface area contributed by atoms with Gasteiger partial charge in [0.15, 0.2) is 0 Å². The van der Waals surface area contributed by atoms with Gasteiger partial charge in [-0.15, -0.1) is 0 Å². The van der Waals surface area contributed by atoms with Crippen molar-refractivity contribution in [1.29, 1.82) is 0 Å². The number of hydrogen-bond donors (Lipinski definition) is 4. The summed E-state index contributed by atoms with van der Waals surface area (Å²) in [6.07, 6.45) is -1.26. The Morgan fingerprint density at radius 1 is 0.543 bits per heavy atom. The molecule has 0 fully saturated rings. The molecule has 0 amide bonds. The molecule has 20 heteroatoms. The van der Waals surface area contributed by atoms with Crippen LogP contribution in [0.15, 0.2) is 0 Å². The van der Waals surface area contributed by atoms with Gasteiger partial charge in [-0.05, 0) is 5.41 Å². The summed E-state index contributed by atoms with van der Waals surface area (Å²) in [4.78, 5) is 36.3. The third-order valence-corrected chi connectivity index (χ3v) is 4.39. The summed E-state index contributed by atoms with van der Waals surface area (Å²) in [5.74, 6) is 0. The second-order valence-corrected chi connectivity index (χ2v) is 6.44. The smallest absolute Gasteiger partial charge is 0.319 e. The van der Waals surface area contributed by atoms with Gasteiger partial charge < -0.3 is 20.4 Å². The molecule has 0 spiro atoms. The number of nitro groups is 4. The van der Waals surface area contributed by atoms with Crippen molar-refractivity contribution in [3.8, 4) is 0 Å². The minimum atomic E-state index is -3.50. The lowest BCUT2D eigenvalue weighted by molar-refractivity contribution is -0.680. The van der Waals surface area contributed by atoms with Crippen LogP contribution >= 0.6 is 0 Å². The van der Waals surface area contributed by atoms with Gasteiger partial charge in [-0.1, -0.05) is 53.4 Å². The van der Waals surface area contributed by atoms with Gasteiger partial charge in [-0.25, -0.2) is 18.9 Å². The molecule has 0 aromatic carbocycles. The van der Waals surface area contributed by atoms with Crippen LogP contribution in [-0.4, -0.2) is 79.4 Å². The van der Waals surface area contributed by atoms with E-state index < -0.39 is 58.9 Å². The molecule has 0 heterocycles. The van der Waals surface area contributed by atoms with Crippen molar-refractivity contribution in [2.24, 2.45) is 5.41 Å². The molecule has 208 valence electrons. The van der Waals surface area contributed by atoms with Crippen molar-refractivity contribution in [2.45, 2.75) is 65.7 Å². The van der Waals surface area contributed by atoms with Crippen LogP contribution in [0.25, 0.3) is 0 Å². The largest absolute Gasteiger partial charge is 0.432 e. The highest BCUT2D eigenvalue weighted by Gasteiger charge is 2.43. The highest BCUT2D eigenvalue weighted by Crippen LogP contribution is 2.33. The number of aliphatic hydroxyl groups is 4. The third kappa shape index (κ3) is 24.2. The zero-order valence-corrected chi connectivity index (χ0v) is 19.6. The summed E-state index contributed by atoms with van der Waals surface area (Å²) in [6.45, 7) is 3.57. The van der Waals surface area contributed by atoms with Crippen molar-refractivity contribution in [1.82, 2.24) is 0 Å². The van der Waals surface area contributed by atoms with Gasteiger partial charge in [0.2, 0.25) is 0 Å². The van der Waals surface area contributed by atoms with Crippen LogP contribution in [0, 0.1) is 45.9 Å². The predicted octanol–water partition coefficient (Wildman–Crippen LogP) is -0.219. The van der Waals surface area contributed by atoms with E-state index >= 15 is 0 Å². The molecule has 0 unspecified atom stereocenters. The lowest BCUT2D eigenvalue weighted by Crippen LogP contribution is -2.46. The van der Waals surface area contributed by atoms with Crippen LogP contribution in [0.4, 0.5) is 0 Å². The third-order valence-electron chi connectivity index (χ3n) is 4.39. The van der Waals surface area contributed by atoms with E-state index in [9.17, 15) is 40.5 Å². The molecule has 0 radical (unpaired) electrons. The van der Waals surface area contributed by atoms with Crippen LogP contribution in [0.2, 0.25) is 0 Å². The van der Waals surface area contributed by atoms with Crippen LogP contribution < -0.4 is 0 Å². The fraction of sp³-hybridized carbons (Fsp3) is 1.00. The number of nitrogens with zero attached hydrogens (tertiary/aromatic N) is 4. The van der Waals surface area contributed by atoms with Crippen molar-refractivity contribution in [3.05, 3.63) is 40.5 Å². The van der Waals surface area contributed by atoms with Gasteiger partial charge >= 0.3 is 39.2 Å². The molecule has 0 saturated carbocycles. The summed E-state index contributed by atoms with van der Waals surface area (Å²) in [5.41, 5.74) is 0.667. The standard InChI is InChI=1S/C9H20.C5H8N4O12.CH4O4/c1-5-9(6-2,7-3)8-4;10-6(11)1-18-5(19-2-7(12)13,20-3-8(14)15)21-4-9(16)17;2-1(3,4)5/h5-8H2,1-4H3;1-4H2;2-5H. The summed E-state index contributed by atoms with van der Waals surface area (Å²) in [6, 6.07) is 0. The molecule has 0 aromatic heterocycles. The lowest BCUT2D eigenvalue weighted by atomic mass is 9.78. The monoisotopic (exact) mass is 524 g/mol. The second-order valence-electron chi connectivity index (χ2n) is 6.44. The van der Waals surface area contributed by atoms with Crippen LogP contribution in [0.5, 0.6) is 0 Å². The normalized spacial score (nSPS) is 11.4. The van der Waals surface area contributed by atoms with Crippen molar-refractivity contribution in [2.75, 3.05) is 26.9 Å². The van der Waals surface area contributed by atoms with Crippen LogP contribution in [0.1, 0.15) is 53.4 Å². The maximum Gasteiger partial charge on any atom is 0.432 e. The van der Waals surface area contributed by atoms with E-state index in [-0.39, 0.29) is 0 Å². The first kappa shape index (κ1) is 36.8. The van der Waals surface area contributed by atoms with E-state index in [1.54, 1.807) is 0 Å². The van der Waals surface area contributed by atoms with E-state index in [0.29, 0.717) is 5.41 Å². The van der Waals surface area contributed by atoms with Crippen LogP contribution in [0.3, 0.4) is 0 Å². The maximum absolute atomic E-state index is 10.2. The fourth-order valence-electron chi connectivity index (χ4n) is 2.28. The van der Waals surface area contributed by atoms with Gasteiger partial charge in [0.1, 0.15) is 0 Å². The van der Waals surface area contributed by atoms with Crippen molar-refractivity contribution >= 4 is 0 Å². The molecule has 35 heavy (non-hydrogen) atoms. The molecule has 0 aliphatic rings. The lowest BCUT2D eigenvalue weighted by Gasteiger charge is -2.28. The zero-order valence-electron chi connectivity index (χ0n) is 19.6. The molecule has 0 aliphatic heterocycles. The summed E-state index contributed by atoms with van der Waals surface area (Å²) < 4.78 is 17.1. The minimum absolute atomic E-state index is 0.667. The van der Waals surface area contributed by atoms with Gasteiger partial charge in [-0.2, -0.15) is 0 Å². The summed E-state index contributed by atoms with van der Waals surface area (Å²) in [5, 5.41) is 69.4. The topological polar surface area (TPSA) is 290 Å². The van der Waals surface area contributed by atoms with Gasteiger partial charge in [0.25, 0.3) is 0 Å². The highest BCUT2D eigenvalue weighted by atomic mass is 17.0. The highest BCUT2D eigenvalue weighted by molar-refractivity contribution is 4.72. The van der Waals surface area contributed by atoms with Gasteiger partial charge in [0, 0.05) is 19.7 Å². The van der Waals surface area contributed by atoms with Gasteiger partial charge in [0.05, 0.1) is 0 Å². The van der Waals surface area contributed by atoms with E-state index in [2.05, 4.69) is 46.6 Å². The maximum atomic E-state index is 10.2. The Kier molecular flexibility index (Phi) is 19.6. The number of ether oxygens (including phenoxy) is 4. The summed E-state index contributed by atoms with van der Waals surface area (Å²) >= 11 is 0. The molecule has 0 rings (SSSR count). The fourth-order valence-corrected chi connectivity index (χ4v) is 2.28. The van der Waals surface area contributed by atoms with E-state index in [1.165, 1.54) is 25.7 Å². The van der Waals surface area contributed by atoms with E-state index in [0.717, 1.165) is 0 Å². The average Bonchev–Trinajstić information content (AvgIpc) is 2.74. The first-order valence-electron chi connectivity index (χ1n) is 9.83. The first-order valence-corrected chi connectivity index (χ1v) is 9.83.